The summed E-state index contributed by atoms with van der Waals surface area (Å²) >= 11 is 5.91. The highest BCUT2D eigenvalue weighted by Crippen LogP contribution is 2.48. The van der Waals surface area contributed by atoms with Gasteiger partial charge in [-0.15, -0.1) is 0 Å². The van der Waals surface area contributed by atoms with Crippen LogP contribution in [0.5, 0.6) is 11.5 Å². The maximum absolute atomic E-state index is 12.1. The van der Waals surface area contributed by atoms with Gasteiger partial charge in [-0.25, -0.2) is 0 Å². The van der Waals surface area contributed by atoms with E-state index in [-0.39, 0.29) is 27.9 Å². The lowest BCUT2D eigenvalue weighted by Gasteiger charge is -2.06. The number of halogens is 1. The SMILES string of the molecule is O=C1c2ccccc2-c2c(O)cc(O)c(Cl)c21. The fraction of sp³-hybridized carbons (Fsp3) is 0. The first-order chi connectivity index (χ1) is 8.11. The molecule has 84 valence electrons. The van der Waals surface area contributed by atoms with Gasteiger partial charge in [0.05, 0.1) is 10.6 Å². The zero-order valence-corrected chi connectivity index (χ0v) is 9.32. The summed E-state index contributed by atoms with van der Waals surface area (Å²) in [6, 6.07) is 8.09. The molecule has 0 heterocycles. The van der Waals surface area contributed by atoms with Crippen LogP contribution in [0.15, 0.2) is 30.3 Å². The Morgan fingerprint density at radius 3 is 2.29 bits per heavy atom. The van der Waals surface area contributed by atoms with E-state index in [9.17, 15) is 15.0 Å². The number of hydrogen-bond donors (Lipinski definition) is 2. The molecule has 4 heteroatoms. The quantitative estimate of drug-likeness (QED) is 0.641. The van der Waals surface area contributed by atoms with Gasteiger partial charge in [0.25, 0.3) is 0 Å². The minimum atomic E-state index is -0.288. The van der Waals surface area contributed by atoms with E-state index in [4.69, 9.17) is 11.6 Å². The third-order valence-corrected chi connectivity index (χ3v) is 3.27. The van der Waals surface area contributed by atoms with Gasteiger partial charge in [-0.3, -0.25) is 4.79 Å². The molecule has 3 nitrogen and oxygen atoms in total. The van der Waals surface area contributed by atoms with Gasteiger partial charge in [0.15, 0.2) is 5.78 Å². The molecule has 0 aliphatic heterocycles. The molecule has 1 aliphatic rings. The van der Waals surface area contributed by atoms with E-state index in [1.165, 1.54) is 0 Å². The van der Waals surface area contributed by atoms with Crippen molar-refractivity contribution < 1.29 is 15.0 Å². The average Bonchev–Trinajstić information content (AvgIpc) is 2.61. The molecule has 2 aromatic rings. The van der Waals surface area contributed by atoms with E-state index in [2.05, 4.69) is 0 Å². The largest absolute Gasteiger partial charge is 0.507 e. The van der Waals surface area contributed by atoms with Gasteiger partial charge in [0.1, 0.15) is 11.5 Å². The maximum atomic E-state index is 12.1. The van der Waals surface area contributed by atoms with Crippen LogP contribution in [0.4, 0.5) is 0 Å². The van der Waals surface area contributed by atoms with Gasteiger partial charge >= 0.3 is 0 Å². The molecule has 0 atom stereocenters. The van der Waals surface area contributed by atoms with Gasteiger partial charge in [-0.2, -0.15) is 0 Å². The maximum Gasteiger partial charge on any atom is 0.196 e. The third-order valence-electron chi connectivity index (χ3n) is 2.89. The molecule has 2 aromatic carbocycles. The smallest absolute Gasteiger partial charge is 0.196 e. The van der Waals surface area contributed by atoms with Crippen LogP contribution in [0.1, 0.15) is 15.9 Å². The Hall–Kier alpha value is -2.00. The monoisotopic (exact) mass is 246 g/mol. The van der Waals surface area contributed by atoms with Crippen molar-refractivity contribution in [2.45, 2.75) is 0 Å². The molecule has 0 radical (unpaired) electrons. The molecular weight excluding hydrogens is 240 g/mol. The van der Waals surface area contributed by atoms with Crippen LogP contribution in [0, 0.1) is 0 Å². The number of carbonyl (C=O) groups excluding carboxylic acids is 1. The van der Waals surface area contributed by atoms with Crippen LogP contribution in [-0.4, -0.2) is 16.0 Å². The number of fused-ring (bicyclic) bond motifs is 3. The Kier molecular flexibility index (Phi) is 1.94. The van der Waals surface area contributed by atoms with E-state index in [1.807, 2.05) is 0 Å². The normalized spacial score (nSPS) is 12.4. The van der Waals surface area contributed by atoms with E-state index in [0.717, 1.165) is 6.07 Å². The zero-order valence-electron chi connectivity index (χ0n) is 8.57. The van der Waals surface area contributed by atoms with Crippen LogP contribution < -0.4 is 0 Å². The standard InChI is InChI=1S/C13H7ClO3/c14-12-9(16)5-8(15)10-6-3-1-2-4-7(6)13(17)11(10)12/h1-5,15-16H. The minimum absolute atomic E-state index is 0.0148. The molecule has 0 spiro atoms. The second kappa shape index (κ2) is 3.25. The van der Waals surface area contributed by atoms with Crippen molar-refractivity contribution in [2.75, 3.05) is 0 Å². The van der Waals surface area contributed by atoms with Crippen LogP contribution >= 0.6 is 11.6 Å². The Balaban J connectivity index is 2.47. The number of ketones is 1. The first-order valence-electron chi connectivity index (χ1n) is 5.00. The number of phenols is 2. The van der Waals surface area contributed by atoms with Gasteiger partial charge in [-0.05, 0) is 5.56 Å². The third kappa shape index (κ3) is 1.20. The summed E-state index contributed by atoms with van der Waals surface area (Å²) in [7, 11) is 0. The molecule has 17 heavy (non-hydrogen) atoms. The Morgan fingerprint density at radius 2 is 1.59 bits per heavy atom. The van der Waals surface area contributed by atoms with Gasteiger partial charge < -0.3 is 10.2 Å². The van der Waals surface area contributed by atoms with Crippen LogP contribution in [0.3, 0.4) is 0 Å². The Labute approximate surface area is 102 Å². The number of benzene rings is 2. The lowest BCUT2D eigenvalue weighted by molar-refractivity contribution is 0.104. The summed E-state index contributed by atoms with van der Waals surface area (Å²) in [6.07, 6.45) is 0. The van der Waals surface area contributed by atoms with Gasteiger partial charge in [0, 0.05) is 17.2 Å². The molecule has 0 unspecified atom stereocenters. The molecule has 0 amide bonds. The van der Waals surface area contributed by atoms with Crippen LogP contribution in [-0.2, 0) is 0 Å². The zero-order chi connectivity index (χ0) is 12.2. The molecule has 2 N–H and O–H groups in total. The van der Waals surface area contributed by atoms with E-state index >= 15 is 0 Å². The lowest BCUT2D eigenvalue weighted by atomic mass is 10.0. The number of phenolic OH excluding ortho intramolecular Hbond substituents is 2. The van der Waals surface area contributed by atoms with E-state index < -0.39 is 0 Å². The predicted molar refractivity (Wildman–Crippen MR) is 63.7 cm³/mol. The van der Waals surface area contributed by atoms with Crippen molar-refractivity contribution in [3.63, 3.8) is 0 Å². The van der Waals surface area contributed by atoms with Crippen molar-refractivity contribution in [3.05, 3.63) is 46.5 Å². The van der Waals surface area contributed by atoms with Crippen molar-refractivity contribution in [1.82, 2.24) is 0 Å². The molecule has 0 bridgehead atoms. The molecule has 1 aliphatic carbocycles. The summed E-state index contributed by atoms with van der Waals surface area (Å²) in [6.45, 7) is 0. The molecular formula is C13H7ClO3. The van der Waals surface area contributed by atoms with Crippen molar-refractivity contribution in [2.24, 2.45) is 0 Å². The predicted octanol–water partition coefficient (Wildman–Crippen LogP) is 2.96. The molecule has 0 saturated carbocycles. The van der Waals surface area contributed by atoms with E-state index in [0.29, 0.717) is 16.7 Å². The van der Waals surface area contributed by atoms with Crippen molar-refractivity contribution in [1.29, 1.82) is 0 Å². The highest BCUT2D eigenvalue weighted by molar-refractivity contribution is 6.39. The topological polar surface area (TPSA) is 57.5 Å². The van der Waals surface area contributed by atoms with Gasteiger partial charge in [0.2, 0.25) is 0 Å². The highest BCUT2D eigenvalue weighted by atomic mass is 35.5. The number of hydrogen-bond acceptors (Lipinski definition) is 3. The summed E-state index contributed by atoms with van der Waals surface area (Å²) in [5.41, 5.74) is 1.70. The Bertz CT molecular complexity index is 662. The van der Waals surface area contributed by atoms with Crippen molar-refractivity contribution in [3.8, 4) is 22.6 Å². The number of carbonyl (C=O) groups is 1. The summed E-state index contributed by atoms with van der Waals surface area (Å²) in [4.78, 5) is 12.1. The van der Waals surface area contributed by atoms with Crippen LogP contribution in [0.2, 0.25) is 5.02 Å². The van der Waals surface area contributed by atoms with Gasteiger partial charge in [-0.1, -0.05) is 35.9 Å². The highest BCUT2D eigenvalue weighted by Gasteiger charge is 2.32. The fourth-order valence-electron chi connectivity index (χ4n) is 2.15. The second-order valence-electron chi connectivity index (χ2n) is 3.85. The summed E-state index contributed by atoms with van der Waals surface area (Å²) in [5.74, 6) is -0.698. The fourth-order valence-corrected chi connectivity index (χ4v) is 2.39. The Morgan fingerprint density at radius 1 is 0.941 bits per heavy atom. The molecule has 0 saturated heterocycles. The average molecular weight is 247 g/mol. The first kappa shape index (κ1) is 10.2. The van der Waals surface area contributed by atoms with E-state index in [1.54, 1.807) is 24.3 Å². The van der Waals surface area contributed by atoms with Crippen LogP contribution in [0.25, 0.3) is 11.1 Å². The second-order valence-corrected chi connectivity index (χ2v) is 4.23. The lowest BCUT2D eigenvalue weighted by Crippen LogP contribution is -1.96. The number of aromatic hydroxyl groups is 2. The number of rotatable bonds is 0. The first-order valence-corrected chi connectivity index (χ1v) is 5.37. The molecule has 0 fully saturated rings. The van der Waals surface area contributed by atoms with Crippen molar-refractivity contribution >= 4 is 17.4 Å². The summed E-state index contributed by atoms with van der Waals surface area (Å²) in [5, 5.41) is 19.3. The molecule has 0 aromatic heterocycles. The minimum Gasteiger partial charge on any atom is -0.507 e. The molecule has 3 rings (SSSR count). The summed E-state index contributed by atoms with van der Waals surface area (Å²) < 4.78 is 0.